The quantitative estimate of drug-likeness (QED) is 0.485. The summed E-state index contributed by atoms with van der Waals surface area (Å²) in [6.07, 6.45) is 0. The standard InChI is InChI=1S/C23H14FN3O2/c24-14-8-5-13(6-9-14)18-17(11-25)22(26)29-21-16-10-7-12-3-1-2-4-15(12)20(16)27-23(28)19(18)21/h1-10,18H,26H2,(H,27,28). The predicted octanol–water partition coefficient (Wildman–Crippen LogP) is 4.04. The molecule has 1 aliphatic heterocycles. The van der Waals surface area contributed by atoms with E-state index in [4.69, 9.17) is 10.5 Å². The number of H-pyrrole nitrogens is 1. The summed E-state index contributed by atoms with van der Waals surface area (Å²) in [4.78, 5) is 16.1. The minimum Gasteiger partial charge on any atom is -0.439 e. The molecule has 0 aliphatic carbocycles. The number of aromatic amines is 1. The van der Waals surface area contributed by atoms with Crippen molar-refractivity contribution in [2.75, 3.05) is 0 Å². The molecule has 0 bridgehead atoms. The van der Waals surface area contributed by atoms with Crippen molar-refractivity contribution in [1.82, 2.24) is 4.98 Å². The zero-order valence-electron chi connectivity index (χ0n) is 15.1. The molecule has 0 spiro atoms. The maximum atomic E-state index is 13.4. The highest BCUT2D eigenvalue weighted by Crippen LogP contribution is 2.43. The van der Waals surface area contributed by atoms with E-state index in [2.05, 4.69) is 4.98 Å². The molecular weight excluding hydrogens is 369 g/mol. The molecule has 5 nitrogen and oxygen atoms in total. The smallest absolute Gasteiger partial charge is 0.256 e. The van der Waals surface area contributed by atoms with E-state index in [9.17, 15) is 14.4 Å². The van der Waals surface area contributed by atoms with Gasteiger partial charge in [0, 0.05) is 10.8 Å². The number of nitrogens with zero attached hydrogens (tertiary/aromatic N) is 1. The van der Waals surface area contributed by atoms with E-state index in [0.717, 1.165) is 10.8 Å². The van der Waals surface area contributed by atoms with Crippen molar-refractivity contribution < 1.29 is 9.13 Å². The van der Waals surface area contributed by atoms with Crippen LogP contribution < -0.4 is 16.0 Å². The van der Waals surface area contributed by atoms with E-state index >= 15 is 0 Å². The van der Waals surface area contributed by atoms with Gasteiger partial charge in [-0.05, 0) is 29.1 Å². The van der Waals surface area contributed by atoms with Gasteiger partial charge in [-0.25, -0.2) is 4.39 Å². The highest BCUT2D eigenvalue weighted by Gasteiger charge is 2.34. The molecule has 1 aromatic heterocycles. The largest absolute Gasteiger partial charge is 0.439 e. The number of nitrogens with one attached hydrogen (secondary N) is 1. The average Bonchev–Trinajstić information content (AvgIpc) is 2.73. The van der Waals surface area contributed by atoms with Crippen LogP contribution in [0.5, 0.6) is 5.75 Å². The fourth-order valence-corrected chi connectivity index (χ4v) is 3.96. The number of pyridine rings is 1. The van der Waals surface area contributed by atoms with Crippen molar-refractivity contribution in [2.24, 2.45) is 5.73 Å². The zero-order valence-corrected chi connectivity index (χ0v) is 15.1. The monoisotopic (exact) mass is 383 g/mol. The number of halogens is 1. The Morgan fingerprint density at radius 3 is 2.55 bits per heavy atom. The lowest BCUT2D eigenvalue weighted by molar-refractivity contribution is 0.397. The highest BCUT2D eigenvalue weighted by atomic mass is 19.1. The normalized spacial score (nSPS) is 15.8. The Balaban J connectivity index is 1.88. The van der Waals surface area contributed by atoms with E-state index in [0.29, 0.717) is 22.2 Å². The van der Waals surface area contributed by atoms with Gasteiger partial charge in [-0.15, -0.1) is 0 Å². The van der Waals surface area contributed by atoms with Crippen LogP contribution >= 0.6 is 0 Å². The number of rotatable bonds is 1. The Hall–Kier alpha value is -4.11. The highest BCUT2D eigenvalue weighted by molar-refractivity contribution is 6.07. The third-order valence-corrected chi connectivity index (χ3v) is 5.28. The number of hydrogen-bond donors (Lipinski definition) is 2. The van der Waals surface area contributed by atoms with Crippen LogP contribution in [0.15, 0.2) is 76.9 Å². The van der Waals surface area contributed by atoms with Gasteiger partial charge < -0.3 is 15.5 Å². The van der Waals surface area contributed by atoms with Gasteiger partial charge in [0.25, 0.3) is 5.56 Å². The third-order valence-electron chi connectivity index (χ3n) is 5.28. The summed E-state index contributed by atoms with van der Waals surface area (Å²) < 4.78 is 19.2. The van der Waals surface area contributed by atoms with Gasteiger partial charge in [0.15, 0.2) is 0 Å². The van der Waals surface area contributed by atoms with E-state index < -0.39 is 11.7 Å². The first-order chi connectivity index (χ1) is 14.1. The van der Waals surface area contributed by atoms with Crippen LogP contribution in [0.4, 0.5) is 4.39 Å². The number of allylic oxidation sites excluding steroid dienone is 1. The Bertz CT molecular complexity index is 1430. The molecular formula is C23H14FN3O2. The zero-order chi connectivity index (χ0) is 20.1. The summed E-state index contributed by atoms with van der Waals surface area (Å²) in [5, 5.41) is 12.2. The van der Waals surface area contributed by atoms with Crippen molar-refractivity contribution in [3.63, 3.8) is 0 Å². The molecule has 1 unspecified atom stereocenters. The first kappa shape index (κ1) is 17.0. The van der Waals surface area contributed by atoms with Crippen LogP contribution in [-0.2, 0) is 0 Å². The summed E-state index contributed by atoms with van der Waals surface area (Å²) >= 11 is 0. The van der Waals surface area contributed by atoms with Gasteiger partial charge in [-0.1, -0.05) is 42.5 Å². The average molecular weight is 383 g/mol. The summed E-state index contributed by atoms with van der Waals surface area (Å²) in [6.45, 7) is 0. The molecule has 0 saturated heterocycles. The Morgan fingerprint density at radius 1 is 1.03 bits per heavy atom. The maximum Gasteiger partial charge on any atom is 0.256 e. The van der Waals surface area contributed by atoms with Gasteiger partial charge in [0.05, 0.1) is 17.0 Å². The second-order valence-corrected chi connectivity index (χ2v) is 6.88. The summed E-state index contributed by atoms with van der Waals surface area (Å²) in [6, 6.07) is 19.2. The van der Waals surface area contributed by atoms with Crippen molar-refractivity contribution in [2.45, 2.75) is 5.92 Å². The lowest BCUT2D eigenvalue weighted by Gasteiger charge is -2.26. The number of ether oxygens (including phenoxy) is 1. The maximum absolute atomic E-state index is 13.4. The lowest BCUT2D eigenvalue weighted by Crippen LogP contribution is -2.27. The summed E-state index contributed by atoms with van der Waals surface area (Å²) in [5.74, 6) is -0.894. The molecule has 0 fully saturated rings. The third kappa shape index (κ3) is 2.48. The van der Waals surface area contributed by atoms with Crippen LogP contribution in [0.2, 0.25) is 0 Å². The van der Waals surface area contributed by atoms with Gasteiger partial charge in [0.2, 0.25) is 5.88 Å². The second kappa shape index (κ2) is 6.21. The van der Waals surface area contributed by atoms with Gasteiger partial charge in [-0.3, -0.25) is 4.79 Å². The molecule has 29 heavy (non-hydrogen) atoms. The van der Waals surface area contributed by atoms with E-state index in [1.54, 1.807) is 12.1 Å². The first-order valence-electron chi connectivity index (χ1n) is 8.99. The molecule has 2 heterocycles. The molecule has 4 aromatic rings. The predicted molar refractivity (Wildman–Crippen MR) is 108 cm³/mol. The fourth-order valence-electron chi connectivity index (χ4n) is 3.96. The SMILES string of the molecule is N#CC1=C(N)Oc2c(c(=O)[nH]c3c2ccc2ccccc23)C1c1ccc(F)cc1. The molecule has 0 radical (unpaired) electrons. The summed E-state index contributed by atoms with van der Waals surface area (Å²) in [5.41, 5.74) is 7.31. The van der Waals surface area contributed by atoms with Gasteiger partial charge >= 0.3 is 0 Å². The number of hydrogen-bond acceptors (Lipinski definition) is 4. The molecule has 3 aromatic carbocycles. The topological polar surface area (TPSA) is 91.9 Å². The number of benzene rings is 3. The number of nitrogens with two attached hydrogens (primary N) is 1. The first-order valence-corrected chi connectivity index (χ1v) is 8.99. The number of fused-ring (bicyclic) bond motifs is 5. The van der Waals surface area contributed by atoms with Crippen molar-refractivity contribution in [3.8, 4) is 11.8 Å². The van der Waals surface area contributed by atoms with Crippen molar-refractivity contribution >= 4 is 21.7 Å². The lowest BCUT2D eigenvalue weighted by atomic mass is 9.83. The Morgan fingerprint density at radius 2 is 1.79 bits per heavy atom. The minimum atomic E-state index is -0.746. The van der Waals surface area contributed by atoms with Crippen LogP contribution in [0, 0.1) is 17.1 Å². The Labute approximate surface area is 164 Å². The molecule has 1 atom stereocenters. The van der Waals surface area contributed by atoms with Crippen LogP contribution in [-0.4, -0.2) is 4.98 Å². The van der Waals surface area contributed by atoms with Crippen LogP contribution in [0.1, 0.15) is 17.0 Å². The van der Waals surface area contributed by atoms with E-state index in [-0.39, 0.29) is 22.6 Å². The van der Waals surface area contributed by atoms with Crippen LogP contribution in [0.3, 0.4) is 0 Å². The van der Waals surface area contributed by atoms with E-state index in [1.165, 1.54) is 12.1 Å². The van der Waals surface area contributed by atoms with E-state index in [1.807, 2.05) is 42.5 Å². The molecule has 1 aliphatic rings. The minimum absolute atomic E-state index is 0.0608. The van der Waals surface area contributed by atoms with Crippen molar-refractivity contribution in [3.05, 3.63) is 99.4 Å². The Kier molecular flexibility index (Phi) is 3.65. The van der Waals surface area contributed by atoms with Crippen LogP contribution in [0.25, 0.3) is 21.7 Å². The number of aromatic nitrogens is 1. The molecule has 5 rings (SSSR count). The molecule has 140 valence electrons. The van der Waals surface area contributed by atoms with Crippen molar-refractivity contribution in [1.29, 1.82) is 5.26 Å². The molecule has 3 N–H and O–H groups in total. The summed E-state index contributed by atoms with van der Waals surface area (Å²) in [7, 11) is 0. The van der Waals surface area contributed by atoms with Gasteiger partial charge in [-0.2, -0.15) is 5.26 Å². The van der Waals surface area contributed by atoms with Gasteiger partial charge in [0.1, 0.15) is 23.2 Å². The fraction of sp³-hybridized carbons (Fsp3) is 0.0435. The second-order valence-electron chi connectivity index (χ2n) is 6.88. The molecule has 0 amide bonds. The molecule has 0 saturated carbocycles. The molecule has 6 heteroatoms. The number of nitriles is 1.